The van der Waals surface area contributed by atoms with E-state index in [-0.39, 0.29) is 48.2 Å². The molecule has 0 bridgehead atoms. The molecule has 1 aromatic carbocycles. The number of rotatable bonds is 4. The number of hydrogen-bond acceptors (Lipinski definition) is 4. The summed E-state index contributed by atoms with van der Waals surface area (Å²) in [4.78, 5) is 29.9. The number of benzene rings is 1. The molecule has 0 saturated carbocycles. The molecule has 1 aromatic rings. The minimum atomic E-state index is -0.876. The van der Waals surface area contributed by atoms with E-state index in [9.17, 15) is 19.1 Å². The van der Waals surface area contributed by atoms with Gasteiger partial charge in [0.25, 0.3) is 5.91 Å². The van der Waals surface area contributed by atoms with Crippen LogP contribution in [-0.2, 0) is 4.79 Å². The molecule has 3 amide bonds. The SMILES string of the molecule is CN=C(NCC(O)c1ccc(F)cc1)N1CCC(C2(C)NC(=O)NC2=O)CC1.I. The third kappa shape index (κ3) is 5.16. The first-order chi connectivity index (χ1) is 13.3. The molecule has 0 spiro atoms. The lowest BCUT2D eigenvalue weighted by molar-refractivity contribution is -0.125. The van der Waals surface area contributed by atoms with Crippen molar-refractivity contribution in [3.63, 3.8) is 0 Å². The lowest BCUT2D eigenvalue weighted by Crippen LogP contribution is -2.55. The zero-order valence-corrected chi connectivity index (χ0v) is 18.8. The van der Waals surface area contributed by atoms with Crippen molar-refractivity contribution in [2.75, 3.05) is 26.7 Å². The largest absolute Gasteiger partial charge is 0.387 e. The fourth-order valence-corrected chi connectivity index (χ4v) is 3.84. The highest BCUT2D eigenvalue weighted by atomic mass is 127. The molecular formula is C19H27FIN5O3. The molecule has 29 heavy (non-hydrogen) atoms. The maximum absolute atomic E-state index is 13.0. The minimum absolute atomic E-state index is 0. The second-order valence-electron chi connectivity index (χ2n) is 7.37. The summed E-state index contributed by atoms with van der Waals surface area (Å²) in [5.74, 6) is 0.0760. The van der Waals surface area contributed by atoms with E-state index in [1.54, 1.807) is 26.1 Å². The van der Waals surface area contributed by atoms with E-state index >= 15 is 0 Å². The Morgan fingerprint density at radius 3 is 2.48 bits per heavy atom. The molecule has 160 valence electrons. The second-order valence-corrected chi connectivity index (χ2v) is 7.37. The van der Waals surface area contributed by atoms with Gasteiger partial charge in [-0.3, -0.25) is 15.1 Å². The van der Waals surface area contributed by atoms with E-state index in [1.165, 1.54) is 12.1 Å². The van der Waals surface area contributed by atoms with Gasteiger partial charge in [-0.2, -0.15) is 0 Å². The van der Waals surface area contributed by atoms with Gasteiger partial charge in [-0.1, -0.05) is 12.1 Å². The van der Waals surface area contributed by atoms with Gasteiger partial charge in [0, 0.05) is 26.7 Å². The van der Waals surface area contributed by atoms with Crippen LogP contribution in [0.5, 0.6) is 0 Å². The number of carbonyl (C=O) groups is 2. The Hall–Kier alpha value is -1.95. The number of aliphatic hydroxyl groups is 1. The molecule has 10 heteroatoms. The van der Waals surface area contributed by atoms with Crippen molar-refractivity contribution in [1.82, 2.24) is 20.9 Å². The van der Waals surface area contributed by atoms with Crippen molar-refractivity contribution < 1.29 is 19.1 Å². The van der Waals surface area contributed by atoms with Gasteiger partial charge in [0.05, 0.1) is 6.10 Å². The number of aliphatic imine (C=N–C) groups is 1. The lowest BCUT2D eigenvalue weighted by atomic mass is 9.79. The van der Waals surface area contributed by atoms with Gasteiger partial charge in [-0.15, -0.1) is 24.0 Å². The number of imide groups is 1. The average molecular weight is 519 g/mol. The van der Waals surface area contributed by atoms with Gasteiger partial charge < -0.3 is 20.6 Å². The molecule has 0 aliphatic carbocycles. The number of amides is 3. The molecule has 2 fully saturated rings. The minimum Gasteiger partial charge on any atom is -0.387 e. The third-order valence-corrected chi connectivity index (χ3v) is 5.60. The standard InChI is InChI=1S/C19H26FN5O3.HI/c1-19(16(27)23-18(28)24-19)13-7-9-25(10-8-13)17(21-2)22-11-15(26)12-3-5-14(20)6-4-12;/h3-6,13,15,26H,7-11H2,1-2H3,(H,21,22)(H2,23,24,27,28);1H. The molecular weight excluding hydrogens is 492 g/mol. The summed E-state index contributed by atoms with van der Waals surface area (Å²) in [6, 6.07) is 5.30. The Morgan fingerprint density at radius 1 is 1.34 bits per heavy atom. The number of piperidine rings is 1. The molecule has 2 heterocycles. The van der Waals surface area contributed by atoms with Gasteiger partial charge in [-0.25, -0.2) is 9.18 Å². The molecule has 2 aliphatic rings. The van der Waals surface area contributed by atoms with E-state index in [0.717, 1.165) is 12.8 Å². The summed E-state index contributed by atoms with van der Waals surface area (Å²) in [5.41, 5.74) is -0.252. The van der Waals surface area contributed by atoms with Gasteiger partial charge in [0.2, 0.25) is 0 Å². The van der Waals surface area contributed by atoms with Crippen molar-refractivity contribution in [1.29, 1.82) is 0 Å². The molecule has 2 saturated heterocycles. The second kappa shape index (κ2) is 9.70. The monoisotopic (exact) mass is 519 g/mol. The van der Waals surface area contributed by atoms with E-state index in [1.807, 2.05) is 0 Å². The van der Waals surface area contributed by atoms with E-state index in [2.05, 4.69) is 25.8 Å². The van der Waals surface area contributed by atoms with Crippen molar-refractivity contribution in [2.45, 2.75) is 31.4 Å². The van der Waals surface area contributed by atoms with Gasteiger partial charge in [-0.05, 0) is 43.4 Å². The number of nitrogens with one attached hydrogen (secondary N) is 3. The summed E-state index contributed by atoms with van der Waals surface area (Å²) >= 11 is 0. The van der Waals surface area contributed by atoms with Crippen LogP contribution in [0.2, 0.25) is 0 Å². The fraction of sp³-hybridized carbons (Fsp3) is 0.526. The molecule has 3 rings (SSSR count). The number of nitrogens with zero attached hydrogens (tertiary/aromatic N) is 2. The van der Waals surface area contributed by atoms with Crippen LogP contribution in [0.3, 0.4) is 0 Å². The van der Waals surface area contributed by atoms with Crippen LogP contribution >= 0.6 is 24.0 Å². The van der Waals surface area contributed by atoms with Crippen LogP contribution in [0, 0.1) is 11.7 Å². The Bertz CT molecular complexity index is 768. The summed E-state index contributed by atoms with van der Waals surface area (Å²) in [6.07, 6.45) is 0.669. The Labute approximate surface area is 186 Å². The van der Waals surface area contributed by atoms with Crippen LogP contribution in [0.4, 0.5) is 9.18 Å². The maximum atomic E-state index is 13.0. The van der Waals surface area contributed by atoms with E-state index in [4.69, 9.17) is 0 Å². The number of guanidine groups is 1. The highest BCUT2D eigenvalue weighted by molar-refractivity contribution is 14.0. The van der Waals surface area contributed by atoms with Crippen LogP contribution in [-0.4, -0.2) is 60.1 Å². The third-order valence-electron chi connectivity index (χ3n) is 5.60. The number of hydrogen-bond donors (Lipinski definition) is 4. The van der Waals surface area contributed by atoms with Gasteiger partial charge in [0.1, 0.15) is 11.4 Å². The van der Waals surface area contributed by atoms with E-state index in [0.29, 0.717) is 24.6 Å². The molecule has 2 unspecified atom stereocenters. The van der Waals surface area contributed by atoms with Crippen LogP contribution < -0.4 is 16.0 Å². The number of halogens is 2. The first-order valence-electron chi connectivity index (χ1n) is 9.36. The topological polar surface area (TPSA) is 106 Å². The highest BCUT2D eigenvalue weighted by Crippen LogP contribution is 2.30. The van der Waals surface area contributed by atoms with Crippen LogP contribution in [0.1, 0.15) is 31.4 Å². The maximum Gasteiger partial charge on any atom is 0.322 e. The molecule has 0 aromatic heterocycles. The number of carbonyl (C=O) groups excluding carboxylic acids is 2. The number of urea groups is 1. The number of aliphatic hydroxyl groups excluding tert-OH is 1. The summed E-state index contributed by atoms with van der Waals surface area (Å²) in [7, 11) is 1.67. The Kier molecular flexibility index (Phi) is 7.80. The summed E-state index contributed by atoms with van der Waals surface area (Å²) < 4.78 is 13.0. The molecule has 8 nitrogen and oxygen atoms in total. The predicted molar refractivity (Wildman–Crippen MR) is 118 cm³/mol. The van der Waals surface area contributed by atoms with E-state index < -0.39 is 17.7 Å². The fourth-order valence-electron chi connectivity index (χ4n) is 3.84. The summed E-state index contributed by atoms with van der Waals surface area (Å²) in [6.45, 7) is 3.36. The van der Waals surface area contributed by atoms with Crippen LogP contribution in [0.25, 0.3) is 0 Å². The normalized spacial score (nSPS) is 23.9. The summed E-state index contributed by atoms with van der Waals surface area (Å²) in [5, 5.41) is 18.5. The van der Waals surface area contributed by atoms with Crippen molar-refractivity contribution in [3.05, 3.63) is 35.6 Å². The van der Waals surface area contributed by atoms with Crippen molar-refractivity contribution >= 4 is 41.9 Å². The van der Waals surface area contributed by atoms with Crippen molar-refractivity contribution in [3.8, 4) is 0 Å². The van der Waals surface area contributed by atoms with Crippen molar-refractivity contribution in [2.24, 2.45) is 10.9 Å². The molecule has 4 N–H and O–H groups in total. The van der Waals surface area contributed by atoms with Gasteiger partial charge in [0.15, 0.2) is 5.96 Å². The Morgan fingerprint density at radius 2 is 1.97 bits per heavy atom. The molecule has 2 aliphatic heterocycles. The average Bonchev–Trinajstić information content (AvgIpc) is 2.95. The predicted octanol–water partition coefficient (Wildman–Crippen LogP) is 1.36. The quantitative estimate of drug-likeness (QED) is 0.208. The molecule has 2 atom stereocenters. The van der Waals surface area contributed by atoms with Crippen LogP contribution in [0.15, 0.2) is 29.3 Å². The smallest absolute Gasteiger partial charge is 0.322 e. The zero-order chi connectivity index (χ0) is 20.3. The van der Waals surface area contributed by atoms with Gasteiger partial charge >= 0.3 is 6.03 Å². The Balaban J connectivity index is 0.00000300. The zero-order valence-electron chi connectivity index (χ0n) is 16.4. The highest BCUT2D eigenvalue weighted by Gasteiger charge is 2.48. The first kappa shape index (κ1) is 23.3. The first-order valence-corrected chi connectivity index (χ1v) is 9.36. The molecule has 0 radical (unpaired) electrons. The number of likely N-dealkylation sites (tertiary alicyclic amines) is 1. The lowest BCUT2D eigenvalue weighted by Gasteiger charge is -2.39.